The van der Waals surface area contributed by atoms with Crippen molar-refractivity contribution in [2.45, 2.75) is 39.3 Å². The van der Waals surface area contributed by atoms with Crippen LogP contribution < -0.4 is 5.32 Å². The van der Waals surface area contributed by atoms with Gasteiger partial charge in [-0.05, 0) is 38.3 Å². The Morgan fingerprint density at radius 1 is 1.39 bits per heavy atom. The molecule has 0 radical (unpaired) electrons. The highest BCUT2D eigenvalue weighted by Crippen LogP contribution is 2.22. The van der Waals surface area contributed by atoms with E-state index in [2.05, 4.69) is 22.2 Å². The van der Waals surface area contributed by atoms with Crippen molar-refractivity contribution in [3.8, 4) is 11.4 Å². The lowest BCUT2D eigenvalue weighted by Crippen LogP contribution is -2.17. The molecule has 0 spiro atoms. The third-order valence-corrected chi connectivity index (χ3v) is 3.31. The fourth-order valence-electron chi connectivity index (χ4n) is 1.93. The molecule has 1 aliphatic carbocycles. The van der Waals surface area contributed by atoms with Crippen LogP contribution in [-0.4, -0.2) is 16.0 Å². The van der Waals surface area contributed by atoms with Gasteiger partial charge in [-0.3, -0.25) is 0 Å². The largest absolute Gasteiger partial charge is 0.469 e. The van der Waals surface area contributed by atoms with Crippen molar-refractivity contribution < 1.29 is 4.42 Å². The molecule has 94 valence electrons. The number of nitrogens with one attached hydrogen (secondary N) is 1. The lowest BCUT2D eigenvalue weighted by Gasteiger charge is -2.07. The molecular weight excluding hydrogens is 226 g/mol. The maximum Gasteiger partial charge on any atom is 0.162 e. The van der Waals surface area contributed by atoms with E-state index in [1.165, 1.54) is 12.8 Å². The molecule has 4 nitrogen and oxygen atoms in total. The number of aryl methyl sites for hydroxylation is 2. The molecule has 0 saturated heterocycles. The van der Waals surface area contributed by atoms with Crippen molar-refractivity contribution in [2.75, 3.05) is 0 Å². The minimum Gasteiger partial charge on any atom is -0.469 e. The summed E-state index contributed by atoms with van der Waals surface area (Å²) in [6, 6.07) is 2.61. The molecule has 1 N–H and O–H groups in total. The van der Waals surface area contributed by atoms with Crippen molar-refractivity contribution in [1.82, 2.24) is 15.3 Å². The van der Waals surface area contributed by atoms with Gasteiger partial charge in [0.05, 0.1) is 17.5 Å². The van der Waals surface area contributed by atoms with Crippen LogP contribution in [0, 0.1) is 13.8 Å². The van der Waals surface area contributed by atoms with Gasteiger partial charge in [-0.2, -0.15) is 0 Å². The van der Waals surface area contributed by atoms with Crippen LogP contribution >= 0.6 is 0 Å². The first-order valence-corrected chi connectivity index (χ1v) is 6.34. The Labute approximate surface area is 106 Å². The van der Waals surface area contributed by atoms with Crippen LogP contribution in [0.4, 0.5) is 0 Å². The number of rotatable bonds is 4. The van der Waals surface area contributed by atoms with Crippen LogP contribution in [0.15, 0.2) is 22.9 Å². The maximum atomic E-state index is 5.30. The molecule has 4 heteroatoms. The van der Waals surface area contributed by atoms with Crippen LogP contribution in [0.5, 0.6) is 0 Å². The molecule has 0 unspecified atom stereocenters. The summed E-state index contributed by atoms with van der Waals surface area (Å²) in [5.41, 5.74) is 3.18. The summed E-state index contributed by atoms with van der Waals surface area (Å²) in [7, 11) is 0. The van der Waals surface area contributed by atoms with Gasteiger partial charge in [0.2, 0.25) is 0 Å². The molecule has 2 aromatic heterocycles. The first-order chi connectivity index (χ1) is 8.74. The highest BCUT2D eigenvalue weighted by molar-refractivity contribution is 5.57. The predicted molar refractivity (Wildman–Crippen MR) is 69.1 cm³/mol. The normalized spacial score (nSPS) is 15.0. The molecule has 0 aromatic carbocycles. The van der Waals surface area contributed by atoms with Gasteiger partial charge in [-0.1, -0.05) is 0 Å². The smallest absolute Gasteiger partial charge is 0.162 e. The number of hydrogen-bond donors (Lipinski definition) is 1. The van der Waals surface area contributed by atoms with Gasteiger partial charge in [-0.25, -0.2) is 9.97 Å². The van der Waals surface area contributed by atoms with Gasteiger partial charge in [0.25, 0.3) is 0 Å². The van der Waals surface area contributed by atoms with Crippen LogP contribution in [0.2, 0.25) is 0 Å². The van der Waals surface area contributed by atoms with Crippen molar-refractivity contribution in [2.24, 2.45) is 0 Å². The molecule has 3 rings (SSSR count). The Morgan fingerprint density at radius 2 is 2.22 bits per heavy atom. The number of furan rings is 1. The van der Waals surface area contributed by atoms with Gasteiger partial charge in [0.1, 0.15) is 5.76 Å². The summed E-state index contributed by atoms with van der Waals surface area (Å²) in [4.78, 5) is 9.03. The van der Waals surface area contributed by atoms with Gasteiger partial charge in [0, 0.05) is 18.8 Å². The topological polar surface area (TPSA) is 51.0 Å². The van der Waals surface area contributed by atoms with E-state index in [0.717, 1.165) is 35.0 Å². The van der Waals surface area contributed by atoms with E-state index in [1.54, 1.807) is 6.26 Å². The number of aromatic nitrogens is 2. The lowest BCUT2D eigenvalue weighted by atomic mass is 10.2. The van der Waals surface area contributed by atoms with E-state index in [1.807, 2.05) is 19.2 Å². The fourth-order valence-corrected chi connectivity index (χ4v) is 1.93. The van der Waals surface area contributed by atoms with Crippen molar-refractivity contribution in [1.29, 1.82) is 0 Å². The minimum absolute atomic E-state index is 0.693. The molecule has 2 heterocycles. The average Bonchev–Trinajstić information content (AvgIpc) is 3.10. The third-order valence-electron chi connectivity index (χ3n) is 3.31. The Morgan fingerprint density at radius 3 is 2.89 bits per heavy atom. The van der Waals surface area contributed by atoms with Gasteiger partial charge < -0.3 is 9.73 Å². The lowest BCUT2D eigenvalue weighted by molar-refractivity contribution is 0.535. The van der Waals surface area contributed by atoms with Gasteiger partial charge in [0.15, 0.2) is 5.82 Å². The number of hydrogen-bond acceptors (Lipinski definition) is 4. The Balaban J connectivity index is 1.87. The average molecular weight is 243 g/mol. The van der Waals surface area contributed by atoms with Crippen molar-refractivity contribution in [3.63, 3.8) is 0 Å². The number of nitrogens with zero attached hydrogens (tertiary/aromatic N) is 2. The summed E-state index contributed by atoms with van der Waals surface area (Å²) in [6.07, 6.45) is 6.14. The van der Waals surface area contributed by atoms with Crippen LogP contribution in [0.1, 0.15) is 29.9 Å². The van der Waals surface area contributed by atoms with Crippen LogP contribution in [0.25, 0.3) is 11.4 Å². The van der Waals surface area contributed by atoms with Crippen LogP contribution in [-0.2, 0) is 6.54 Å². The zero-order valence-corrected chi connectivity index (χ0v) is 10.7. The van der Waals surface area contributed by atoms with E-state index in [9.17, 15) is 0 Å². The second kappa shape index (κ2) is 4.53. The highest BCUT2D eigenvalue weighted by Gasteiger charge is 2.20. The second-order valence-electron chi connectivity index (χ2n) is 4.87. The van der Waals surface area contributed by atoms with Crippen LogP contribution in [0.3, 0.4) is 0 Å². The first-order valence-electron chi connectivity index (χ1n) is 6.34. The zero-order valence-electron chi connectivity index (χ0n) is 10.7. The maximum absolute atomic E-state index is 5.30. The molecule has 1 fully saturated rings. The Hall–Kier alpha value is -1.68. The minimum atomic E-state index is 0.693. The van der Waals surface area contributed by atoms with Gasteiger partial charge in [-0.15, -0.1) is 0 Å². The second-order valence-corrected chi connectivity index (χ2v) is 4.87. The van der Waals surface area contributed by atoms with E-state index in [4.69, 9.17) is 4.42 Å². The molecule has 0 amide bonds. The Kier molecular flexibility index (Phi) is 2.88. The van der Waals surface area contributed by atoms with Crippen molar-refractivity contribution in [3.05, 3.63) is 35.5 Å². The molecule has 2 aromatic rings. The summed E-state index contributed by atoms with van der Waals surface area (Å²) < 4.78 is 5.30. The third kappa shape index (κ3) is 2.29. The summed E-state index contributed by atoms with van der Waals surface area (Å²) in [6.45, 7) is 4.81. The summed E-state index contributed by atoms with van der Waals surface area (Å²) >= 11 is 0. The molecule has 0 aliphatic heterocycles. The highest BCUT2D eigenvalue weighted by atomic mass is 16.3. The molecule has 0 bridgehead atoms. The fraction of sp³-hybridized carbons (Fsp3) is 0.429. The SMILES string of the molecule is Cc1cnc(-c2ccoc2C)nc1CNC1CC1. The summed E-state index contributed by atoms with van der Waals surface area (Å²) in [5.74, 6) is 1.61. The quantitative estimate of drug-likeness (QED) is 0.896. The van der Waals surface area contributed by atoms with E-state index in [-0.39, 0.29) is 0 Å². The van der Waals surface area contributed by atoms with Gasteiger partial charge >= 0.3 is 0 Å². The molecule has 1 aliphatic rings. The Bertz CT molecular complexity index is 558. The van der Waals surface area contributed by atoms with E-state index < -0.39 is 0 Å². The molecule has 0 atom stereocenters. The monoisotopic (exact) mass is 243 g/mol. The van der Waals surface area contributed by atoms with E-state index >= 15 is 0 Å². The zero-order chi connectivity index (χ0) is 12.5. The predicted octanol–water partition coefficient (Wildman–Crippen LogP) is 2.61. The molecule has 18 heavy (non-hydrogen) atoms. The standard InChI is InChI=1S/C14H17N3O/c1-9-7-16-14(12-5-6-18-10(12)2)17-13(9)8-15-11-3-4-11/h5-7,11,15H,3-4,8H2,1-2H3. The molecular formula is C14H17N3O. The first kappa shape index (κ1) is 11.4. The van der Waals surface area contributed by atoms with Crippen molar-refractivity contribution >= 4 is 0 Å². The summed E-state index contributed by atoms with van der Waals surface area (Å²) in [5, 5.41) is 3.49. The molecule has 1 saturated carbocycles. The van der Waals surface area contributed by atoms with E-state index in [0.29, 0.717) is 6.04 Å².